The number of alkyl halides is 3. The molecule has 2 heterocycles. The van der Waals surface area contributed by atoms with Crippen LogP contribution >= 0.6 is 0 Å². The van der Waals surface area contributed by atoms with E-state index in [2.05, 4.69) is 0 Å². The zero-order valence-corrected chi connectivity index (χ0v) is 21.6. The maximum absolute atomic E-state index is 13.7. The molecule has 1 aliphatic rings. The van der Waals surface area contributed by atoms with Gasteiger partial charge in [0.15, 0.2) is 0 Å². The summed E-state index contributed by atoms with van der Waals surface area (Å²) in [6.45, 7) is 6.80. The van der Waals surface area contributed by atoms with E-state index < -0.39 is 23.6 Å². The molecule has 1 aliphatic heterocycles. The lowest BCUT2D eigenvalue weighted by atomic mass is 10.0. The Morgan fingerprint density at radius 3 is 2.29 bits per heavy atom. The lowest BCUT2D eigenvalue weighted by Crippen LogP contribution is -2.24. The molecule has 0 saturated heterocycles. The zero-order chi connectivity index (χ0) is 27.8. The first-order valence-electron chi connectivity index (χ1n) is 11.9. The number of allylic oxidation sites excluding steroid dienone is 1. The van der Waals surface area contributed by atoms with Crippen LogP contribution in [0.3, 0.4) is 0 Å². The Kier molecular flexibility index (Phi) is 7.22. The van der Waals surface area contributed by atoms with Gasteiger partial charge >= 0.3 is 12.1 Å². The Balaban J connectivity index is 1.86. The summed E-state index contributed by atoms with van der Waals surface area (Å²) in [5.74, 6) is -0.497. The van der Waals surface area contributed by atoms with E-state index in [9.17, 15) is 22.8 Å². The number of carbonyl (C=O) groups excluding carboxylic acids is 2. The molecule has 6 nitrogen and oxygen atoms in total. The number of aryl methyl sites for hydroxylation is 1. The molecular formula is C29H27F3N2O4. The first-order chi connectivity index (χ1) is 18.0. The Morgan fingerprint density at radius 1 is 1.03 bits per heavy atom. The van der Waals surface area contributed by atoms with Crippen molar-refractivity contribution in [1.29, 1.82) is 0 Å². The van der Waals surface area contributed by atoms with Crippen molar-refractivity contribution in [2.24, 2.45) is 0 Å². The lowest BCUT2D eigenvalue weighted by molar-refractivity contribution is -0.138. The average molecular weight is 525 g/mol. The number of amides is 1. The molecule has 0 N–H and O–H groups in total. The van der Waals surface area contributed by atoms with E-state index in [0.717, 1.165) is 6.07 Å². The minimum Gasteiger partial charge on any atom is -0.497 e. The first kappa shape index (κ1) is 26.8. The Bertz CT molecular complexity index is 1460. The number of benzene rings is 2. The number of halogens is 3. The van der Waals surface area contributed by atoms with Crippen molar-refractivity contribution in [3.8, 4) is 11.4 Å². The van der Waals surface area contributed by atoms with Crippen molar-refractivity contribution in [2.45, 2.75) is 33.9 Å². The second-order valence-corrected chi connectivity index (χ2v) is 8.75. The topological polar surface area (TPSA) is 60.8 Å². The summed E-state index contributed by atoms with van der Waals surface area (Å²) in [4.78, 5) is 28.0. The van der Waals surface area contributed by atoms with Gasteiger partial charge in [-0.15, -0.1) is 0 Å². The quantitative estimate of drug-likeness (QED) is 0.277. The number of methoxy groups -OCH3 is 1. The minimum atomic E-state index is -4.55. The van der Waals surface area contributed by atoms with Crippen LogP contribution in [0.1, 0.15) is 36.4 Å². The summed E-state index contributed by atoms with van der Waals surface area (Å²) in [6, 6.07) is 13.8. The maximum atomic E-state index is 13.7. The van der Waals surface area contributed by atoms with Gasteiger partial charge < -0.3 is 14.0 Å². The van der Waals surface area contributed by atoms with Crippen molar-refractivity contribution in [1.82, 2.24) is 4.57 Å². The van der Waals surface area contributed by atoms with E-state index >= 15 is 0 Å². The van der Waals surface area contributed by atoms with Crippen LogP contribution in [-0.4, -0.2) is 30.2 Å². The summed E-state index contributed by atoms with van der Waals surface area (Å²) in [7, 11) is 1.53. The molecule has 0 bridgehead atoms. The highest BCUT2D eigenvalue weighted by Gasteiger charge is 2.39. The van der Waals surface area contributed by atoms with Crippen LogP contribution in [0.5, 0.6) is 5.75 Å². The first-order valence-corrected chi connectivity index (χ1v) is 11.9. The van der Waals surface area contributed by atoms with E-state index in [-0.39, 0.29) is 23.4 Å². The molecule has 9 heteroatoms. The van der Waals surface area contributed by atoms with Crippen LogP contribution in [0.15, 0.2) is 71.4 Å². The summed E-state index contributed by atoms with van der Waals surface area (Å²) in [5.41, 5.74) is 1.87. The van der Waals surface area contributed by atoms with Gasteiger partial charge in [0.1, 0.15) is 5.75 Å². The number of para-hydroxylation sites is 1. The molecule has 3 aromatic rings. The molecule has 0 aliphatic carbocycles. The summed E-state index contributed by atoms with van der Waals surface area (Å²) in [5, 5.41) is 0. The fraction of sp³-hybridized carbons (Fsp3) is 0.241. The molecule has 0 radical (unpaired) electrons. The minimum absolute atomic E-state index is 0.0189. The second kappa shape index (κ2) is 10.2. The van der Waals surface area contributed by atoms with Crippen LogP contribution in [0.25, 0.3) is 11.8 Å². The van der Waals surface area contributed by atoms with Gasteiger partial charge in [-0.1, -0.05) is 12.1 Å². The van der Waals surface area contributed by atoms with E-state index in [4.69, 9.17) is 9.47 Å². The van der Waals surface area contributed by atoms with Crippen LogP contribution in [-0.2, 0) is 20.5 Å². The predicted octanol–water partition coefficient (Wildman–Crippen LogP) is 6.39. The van der Waals surface area contributed by atoms with Crippen LogP contribution < -0.4 is 9.64 Å². The molecule has 4 rings (SSSR count). The van der Waals surface area contributed by atoms with E-state index in [0.29, 0.717) is 34.1 Å². The number of esters is 1. The summed E-state index contributed by atoms with van der Waals surface area (Å²) in [6.07, 6.45) is -3.01. The molecule has 1 aromatic heterocycles. The number of carbonyl (C=O) groups is 2. The molecule has 0 unspecified atom stereocenters. The molecule has 0 saturated carbocycles. The highest BCUT2D eigenvalue weighted by molar-refractivity contribution is 6.23. The largest absolute Gasteiger partial charge is 0.497 e. The SMILES string of the molecule is CCOC(=O)C1=C(C)N(c2ccc(OC)cc2)C(=O)/C1=C\c1cc(C)n(-c2ccccc2C(F)(F)F)c1C. The number of aromatic nitrogens is 1. The molecule has 1 amide bonds. The lowest BCUT2D eigenvalue weighted by Gasteiger charge is -2.18. The van der Waals surface area contributed by atoms with E-state index in [1.807, 2.05) is 0 Å². The molecular weight excluding hydrogens is 497 g/mol. The van der Waals surface area contributed by atoms with Gasteiger partial charge in [0, 0.05) is 22.8 Å². The molecule has 0 atom stereocenters. The van der Waals surface area contributed by atoms with E-state index in [1.54, 1.807) is 64.1 Å². The molecule has 0 fully saturated rings. The Hall–Kier alpha value is -4.27. The fourth-order valence-corrected chi connectivity index (χ4v) is 4.69. The van der Waals surface area contributed by atoms with Gasteiger partial charge in [-0.25, -0.2) is 4.79 Å². The number of rotatable bonds is 6. The number of hydrogen-bond donors (Lipinski definition) is 0. The van der Waals surface area contributed by atoms with Crippen molar-refractivity contribution in [3.63, 3.8) is 0 Å². The number of hydrogen-bond acceptors (Lipinski definition) is 4. The van der Waals surface area contributed by atoms with Crippen molar-refractivity contribution in [2.75, 3.05) is 18.6 Å². The standard InChI is InChI=1S/C29H27F3N2O4/c1-6-38-28(36)26-19(4)34(21-11-13-22(37-5)14-12-21)27(35)23(26)16-20-15-17(2)33(18(20)3)25-10-8-7-9-24(25)29(30,31)32/h7-16H,6H2,1-5H3/b23-16-. The Morgan fingerprint density at radius 2 is 1.68 bits per heavy atom. The van der Waals surface area contributed by atoms with Gasteiger partial charge in [0.25, 0.3) is 5.91 Å². The molecule has 38 heavy (non-hydrogen) atoms. The third kappa shape index (κ3) is 4.71. The van der Waals surface area contributed by atoms with Crippen LogP contribution in [0, 0.1) is 13.8 Å². The highest BCUT2D eigenvalue weighted by Crippen LogP contribution is 2.38. The van der Waals surface area contributed by atoms with Gasteiger partial charge in [0.2, 0.25) is 0 Å². The van der Waals surface area contributed by atoms with E-state index in [1.165, 1.54) is 34.8 Å². The average Bonchev–Trinajstić information content (AvgIpc) is 3.29. The second-order valence-electron chi connectivity index (χ2n) is 8.75. The van der Waals surface area contributed by atoms with Crippen molar-refractivity contribution >= 4 is 23.6 Å². The predicted molar refractivity (Wildman–Crippen MR) is 138 cm³/mol. The molecule has 2 aromatic carbocycles. The van der Waals surface area contributed by atoms with Crippen molar-refractivity contribution in [3.05, 3.63) is 94.0 Å². The number of anilines is 1. The van der Waals surface area contributed by atoms with Crippen molar-refractivity contribution < 1.29 is 32.2 Å². The zero-order valence-electron chi connectivity index (χ0n) is 21.6. The maximum Gasteiger partial charge on any atom is 0.418 e. The third-order valence-electron chi connectivity index (χ3n) is 6.43. The smallest absolute Gasteiger partial charge is 0.418 e. The van der Waals surface area contributed by atoms with Gasteiger partial charge in [0.05, 0.1) is 36.1 Å². The van der Waals surface area contributed by atoms with Crippen LogP contribution in [0.4, 0.5) is 18.9 Å². The summed E-state index contributed by atoms with van der Waals surface area (Å²) >= 11 is 0. The highest BCUT2D eigenvalue weighted by atomic mass is 19.4. The molecule has 198 valence electrons. The van der Waals surface area contributed by atoms with Gasteiger partial charge in [-0.2, -0.15) is 13.2 Å². The normalized spacial score (nSPS) is 15.0. The van der Waals surface area contributed by atoms with Gasteiger partial charge in [-0.3, -0.25) is 9.69 Å². The molecule has 0 spiro atoms. The van der Waals surface area contributed by atoms with Gasteiger partial charge in [-0.05, 0) is 81.8 Å². The fourth-order valence-electron chi connectivity index (χ4n) is 4.69. The summed E-state index contributed by atoms with van der Waals surface area (Å²) < 4.78 is 53.2. The van der Waals surface area contributed by atoms with Crippen LogP contribution in [0.2, 0.25) is 0 Å². The third-order valence-corrected chi connectivity index (χ3v) is 6.43. The number of ether oxygens (including phenoxy) is 2. The Labute approximate surface area is 218 Å². The number of nitrogens with zero attached hydrogens (tertiary/aromatic N) is 2. The monoisotopic (exact) mass is 524 g/mol.